The summed E-state index contributed by atoms with van der Waals surface area (Å²) >= 11 is 1.22. The van der Waals surface area contributed by atoms with Crippen molar-refractivity contribution >= 4 is 17.7 Å². The van der Waals surface area contributed by atoms with E-state index in [0.717, 1.165) is 29.7 Å². The average Bonchev–Trinajstić information content (AvgIpc) is 3.65. The number of nitriles is 1. The van der Waals surface area contributed by atoms with Gasteiger partial charge < -0.3 is 5.32 Å². The summed E-state index contributed by atoms with van der Waals surface area (Å²) in [5.41, 5.74) is 2.48. The molecule has 0 spiro atoms. The third-order valence-corrected chi connectivity index (χ3v) is 5.96. The number of carbonyl (C=O) groups excluding carboxylic acids is 1. The molecule has 1 saturated carbocycles. The molecule has 1 fully saturated rings. The van der Waals surface area contributed by atoms with E-state index in [0.29, 0.717) is 10.9 Å². The van der Waals surface area contributed by atoms with Crippen molar-refractivity contribution in [2.75, 3.05) is 5.75 Å². The molecule has 4 rings (SSSR count). The fourth-order valence-electron chi connectivity index (χ4n) is 3.30. The monoisotopic (exact) mass is 415 g/mol. The van der Waals surface area contributed by atoms with Gasteiger partial charge in [0.05, 0.1) is 11.8 Å². The molecule has 2 aromatic carbocycles. The maximum absolute atomic E-state index is 12.4. The largest absolute Gasteiger partial charge is 0.337 e. The fourth-order valence-corrected chi connectivity index (χ4v) is 3.88. The number of rotatable bonds is 7. The quantitative estimate of drug-likeness (QED) is 0.584. The number of hydrogen-bond acceptors (Lipinski definition) is 6. The lowest BCUT2D eigenvalue weighted by Crippen LogP contribution is -2.47. The van der Waals surface area contributed by atoms with E-state index in [9.17, 15) is 10.1 Å². The van der Waals surface area contributed by atoms with E-state index in [1.54, 1.807) is 6.92 Å². The Hall–Kier alpha value is -3.24. The number of thioether (sulfide) groups is 1. The topological polar surface area (TPSA) is 91.6 Å². The van der Waals surface area contributed by atoms with Crippen LogP contribution in [-0.4, -0.2) is 32.4 Å². The zero-order valence-corrected chi connectivity index (χ0v) is 17.4. The highest BCUT2D eigenvalue weighted by atomic mass is 32.2. The second-order valence-corrected chi connectivity index (χ2v) is 8.39. The Kier molecular flexibility index (Phi) is 5.77. The fraction of sp³-hybridized carbons (Fsp3) is 0.261. The van der Waals surface area contributed by atoms with Crippen LogP contribution in [0.2, 0.25) is 0 Å². The van der Waals surface area contributed by atoms with Crippen LogP contribution in [-0.2, 0) is 4.79 Å². The molecule has 0 aliphatic heterocycles. The molecule has 1 atom stereocenters. The Balaban J connectivity index is 1.55. The van der Waals surface area contributed by atoms with Gasteiger partial charge >= 0.3 is 0 Å². The first-order valence-electron chi connectivity index (χ1n) is 9.80. The Labute approximate surface area is 179 Å². The van der Waals surface area contributed by atoms with E-state index in [2.05, 4.69) is 21.6 Å². The molecule has 0 bridgehead atoms. The molecule has 7 heteroatoms. The molecule has 150 valence electrons. The first kappa shape index (κ1) is 20.0. The van der Waals surface area contributed by atoms with Gasteiger partial charge in [-0.1, -0.05) is 72.4 Å². The second-order valence-electron chi connectivity index (χ2n) is 7.45. The average molecular weight is 416 g/mol. The van der Waals surface area contributed by atoms with Crippen molar-refractivity contribution in [2.24, 2.45) is 5.92 Å². The lowest BCUT2D eigenvalue weighted by Gasteiger charge is -2.22. The van der Waals surface area contributed by atoms with Crippen molar-refractivity contribution in [3.05, 3.63) is 60.7 Å². The zero-order valence-electron chi connectivity index (χ0n) is 16.6. The van der Waals surface area contributed by atoms with Crippen LogP contribution >= 0.6 is 11.8 Å². The molecule has 0 unspecified atom stereocenters. The number of aromatic nitrogens is 3. The van der Waals surface area contributed by atoms with Crippen molar-refractivity contribution in [1.29, 1.82) is 5.26 Å². The van der Waals surface area contributed by atoms with Gasteiger partial charge in [0.25, 0.3) is 0 Å². The Morgan fingerprint density at radius 2 is 1.67 bits per heavy atom. The molecule has 3 aromatic rings. The normalized spacial score (nSPS) is 15.1. The van der Waals surface area contributed by atoms with Crippen molar-refractivity contribution in [3.63, 3.8) is 0 Å². The molecular formula is C23H21N5OS. The number of nitrogens with one attached hydrogen (secondary N) is 1. The predicted octanol–water partition coefficient (Wildman–Crippen LogP) is 4.11. The SMILES string of the molecule is C[C@@](C#N)(NC(=O)CSc1nnc(-c2ccccc2)c(-c2ccccc2)n1)C1CC1. The third kappa shape index (κ3) is 4.50. The molecule has 0 radical (unpaired) electrons. The van der Waals surface area contributed by atoms with Gasteiger partial charge in [0.1, 0.15) is 16.9 Å². The summed E-state index contributed by atoms with van der Waals surface area (Å²) in [4.78, 5) is 17.1. The third-order valence-electron chi connectivity index (χ3n) is 5.12. The number of amides is 1. The minimum absolute atomic E-state index is 0.130. The van der Waals surface area contributed by atoms with Gasteiger partial charge in [-0.15, -0.1) is 10.2 Å². The smallest absolute Gasteiger partial charge is 0.231 e. The highest BCUT2D eigenvalue weighted by molar-refractivity contribution is 7.99. The summed E-state index contributed by atoms with van der Waals surface area (Å²) in [7, 11) is 0. The molecule has 0 saturated heterocycles. The summed E-state index contributed by atoms with van der Waals surface area (Å²) < 4.78 is 0. The minimum atomic E-state index is -0.802. The standard InChI is InChI=1S/C23H21N5OS/c1-23(15-24,18-12-13-18)26-19(29)14-30-22-25-20(16-8-4-2-5-9-16)21(27-28-22)17-10-6-3-7-11-17/h2-11,18H,12-14H2,1H3,(H,26,29)/t23-/m0/s1. The maximum atomic E-state index is 12.4. The van der Waals surface area contributed by atoms with Gasteiger partial charge in [0.2, 0.25) is 11.1 Å². The molecule has 30 heavy (non-hydrogen) atoms. The molecule has 6 nitrogen and oxygen atoms in total. The number of hydrogen-bond donors (Lipinski definition) is 1. The van der Waals surface area contributed by atoms with Crippen LogP contribution in [0, 0.1) is 17.2 Å². The Bertz CT molecular complexity index is 1080. The number of benzene rings is 2. The summed E-state index contributed by atoms with van der Waals surface area (Å²) in [6, 6.07) is 21.8. The van der Waals surface area contributed by atoms with Crippen LogP contribution in [0.4, 0.5) is 0 Å². The first-order valence-corrected chi connectivity index (χ1v) is 10.8. The number of carbonyl (C=O) groups is 1. The molecule has 1 heterocycles. The highest BCUT2D eigenvalue weighted by Gasteiger charge is 2.42. The summed E-state index contributed by atoms with van der Waals surface area (Å²) in [5.74, 6) is 0.169. The summed E-state index contributed by atoms with van der Waals surface area (Å²) in [5, 5.41) is 21.4. The molecule has 1 aromatic heterocycles. The van der Waals surface area contributed by atoms with E-state index in [1.165, 1.54) is 11.8 Å². The molecule has 1 aliphatic rings. The van der Waals surface area contributed by atoms with Crippen LogP contribution in [0.1, 0.15) is 19.8 Å². The lowest BCUT2D eigenvalue weighted by molar-refractivity contribution is -0.119. The minimum Gasteiger partial charge on any atom is -0.337 e. The van der Waals surface area contributed by atoms with Crippen molar-refractivity contribution in [1.82, 2.24) is 20.5 Å². The van der Waals surface area contributed by atoms with Crippen LogP contribution in [0.3, 0.4) is 0 Å². The first-order chi connectivity index (χ1) is 14.6. The lowest BCUT2D eigenvalue weighted by atomic mass is 9.98. The molecular weight excluding hydrogens is 394 g/mol. The molecule has 1 N–H and O–H groups in total. The van der Waals surface area contributed by atoms with E-state index in [4.69, 9.17) is 4.98 Å². The molecule has 1 amide bonds. The van der Waals surface area contributed by atoms with Gasteiger partial charge in [-0.25, -0.2) is 4.98 Å². The van der Waals surface area contributed by atoms with E-state index >= 15 is 0 Å². The summed E-state index contributed by atoms with van der Waals surface area (Å²) in [6.07, 6.45) is 1.96. The second kappa shape index (κ2) is 8.64. The Morgan fingerprint density at radius 3 is 2.23 bits per heavy atom. The van der Waals surface area contributed by atoms with Gasteiger partial charge in [-0.05, 0) is 25.7 Å². The van der Waals surface area contributed by atoms with Crippen LogP contribution in [0.25, 0.3) is 22.5 Å². The van der Waals surface area contributed by atoms with Gasteiger partial charge in [-0.3, -0.25) is 4.79 Å². The predicted molar refractivity (Wildman–Crippen MR) is 116 cm³/mol. The van der Waals surface area contributed by atoms with Crippen molar-refractivity contribution in [3.8, 4) is 28.6 Å². The van der Waals surface area contributed by atoms with E-state index < -0.39 is 5.54 Å². The highest BCUT2D eigenvalue weighted by Crippen LogP contribution is 2.39. The zero-order chi connectivity index (χ0) is 21.0. The van der Waals surface area contributed by atoms with Crippen molar-refractivity contribution < 1.29 is 4.79 Å². The summed E-state index contributed by atoms with van der Waals surface area (Å²) in [6.45, 7) is 1.79. The maximum Gasteiger partial charge on any atom is 0.231 e. The van der Waals surface area contributed by atoms with E-state index in [1.807, 2.05) is 60.7 Å². The van der Waals surface area contributed by atoms with Gasteiger partial charge in [0, 0.05) is 11.1 Å². The number of nitrogens with zero attached hydrogens (tertiary/aromatic N) is 4. The van der Waals surface area contributed by atoms with E-state index in [-0.39, 0.29) is 17.6 Å². The van der Waals surface area contributed by atoms with Gasteiger partial charge in [-0.2, -0.15) is 5.26 Å². The van der Waals surface area contributed by atoms with Gasteiger partial charge in [0.15, 0.2) is 0 Å². The molecule has 1 aliphatic carbocycles. The van der Waals surface area contributed by atoms with Crippen molar-refractivity contribution in [2.45, 2.75) is 30.5 Å². The van der Waals surface area contributed by atoms with Crippen LogP contribution in [0.15, 0.2) is 65.8 Å². The van der Waals surface area contributed by atoms with Crippen LogP contribution < -0.4 is 5.32 Å². The van der Waals surface area contributed by atoms with Crippen LogP contribution in [0.5, 0.6) is 0 Å². The Morgan fingerprint density at radius 1 is 1.07 bits per heavy atom.